The van der Waals surface area contributed by atoms with Crippen LogP contribution in [0.2, 0.25) is 0 Å². The Balaban J connectivity index is 0.000000121. The lowest BCUT2D eigenvalue weighted by Gasteiger charge is -2.37. The number of anilines is 5. The Morgan fingerprint density at radius 3 is 1.06 bits per heavy atom. The zero-order chi connectivity index (χ0) is 96.8. The van der Waals surface area contributed by atoms with E-state index in [2.05, 4.69) is 133 Å². The van der Waals surface area contributed by atoms with Crippen molar-refractivity contribution >= 4 is 130 Å². The van der Waals surface area contributed by atoms with Crippen molar-refractivity contribution in [3.63, 3.8) is 0 Å². The number of carbonyl (C=O) groups is 6. The maximum atomic E-state index is 12.7. The van der Waals surface area contributed by atoms with E-state index in [1.165, 1.54) is 25.7 Å². The summed E-state index contributed by atoms with van der Waals surface area (Å²) in [5.41, 5.74) is 12.6. The number of benzene rings is 1. The topological polar surface area (TPSA) is 471 Å². The first-order valence-corrected chi connectivity index (χ1v) is 49.4. The summed E-state index contributed by atoms with van der Waals surface area (Å²) in [5, 5.41) is 70.4. The second-order valence-electron chi connectivity index (χ2n) is 37.5. The highest BCUT2D eigenvalue weighted by Gasteiger charge is 2.34. The van der Waals surface area contributed by atoms with Crippen LogP contribution in [0.4, 0.5) is 29.1 Å². The highest BCUT2D eigenvalue weighted by atomic mass is 16.5. The molecule has 39 heteroatoms. The molecule has 2 aliphatic carbocycles. The van der Waals surface area contributed by atoms with E-state index in [9.17, 15) is 28.8 Å². The number of nitrogens with zero attached hydrogens (tertiary/aromatic N) is 18. The SMILES string of the molecule is CC(=O)N1CCC(Nc2nccc3n[nH]c(C)c23)CC1.COCCC(=O)N1CCC(Nc2nccc3n[nH]c(C)c23)CC1.COc1ccc(C(=O)N2CCC(Nc3nccc4n[nH]c(C)c34)CC2)cc1.Cc1[nH]nc2ccnc(C(=O)NC3CCCCC3)c12.Cc1[nH]nc2ccnc(NC3CCN(C(=O)C4CCC4)CC3)c12.Cc1[nH]nc2ccnc(NC3CCN(C(=O)CCN4CCOCC4)CC3)c12. The molecular formula is C100H134N30O9. The van der Waals surface area contributed by atoms with Gasteiger partial charge in [-0.1, -0.05) is 25.7 Å². The molecule has 0 bridgehead atoms. The van der Waals surface area contributed by atoms with Crippen molar-refractivity contribution < 1.29 is 43.0 Å². The van der Waals surface area contributed by atoms with Crippen LogP contribution < -0.4 is 36.6 Å². The number of aromatic nitrogens is 18. The van der Waals surface area contributed by atoms with Gasteiger partial charge in [-0.3, -0.25) is 69.2 Å². The number of morpholine rings is 1. The number of H-pyrrole nitrogens is 6. The van der Waals surface area contributed by atoms with Crippen molar-refractivity contribution in [2.75, 3.05) is 146 Å². The summed E-state index contributed by atoms with van der Waals surface area (Å²) in [5.74, 6) is 6.44. The molecule has 0 spiro atoms. The number of rotatable bonds is 21. The van der Waals surface area contributed by atoms with E-state index in [0.29, 0.717) is 72.7 Å². The molecule has 13 aromatic rings. The fourth-order valence-electron chi connectivity index (χ4n) is 19.6. The third-order valence-electron chi connectivity index (χ3n) is 28.0. The Labute approximate surface area is 808 Å². The molecule has 1 aromatic carbocycles. The highest BCUT2D eigenvalue weighted by molar-refractivity contribution is 6.05. The summed E-state index contributed by atoms with van der Waals surface area (Å²) in [6.07, 6.45) is 30.2. The van der Waals surface area contributed by atoms with Gasteiger partial charge in [0.15, 0.2) is 0 Å². The van der Waals surface area contributed by atoms with Crippen molar-refractivity contribution in [3.05, 3.63) is 143 Å². The Morgan fingerprint density at radius 1 is 0.367 bits per heavy atom. The number of ether oxygens (including phenoxy) is 3. The van der Waals surface area contributed by atoms with Gasteiger partial charge in [0.25, 0.3) is 11.8 Å². The number of nitrogens with one attached hydrogen (secondary N) is 12. The fraction of sp³-hybridized carbons (Fsp3) is 0.520. The van der Waals surface area contributed by atoms with E-state index in [-0.39, 0.29) is 35.6 Å². The molecule has 8 aliphatic rings. The van der Waals surface area contributed by atoms with E-state index >= 15 is 0 Å². The molecule has 12 N–H and O–H groups in total. The number of hydrogen-bond acceptors (Lipinski definition) is 27. The first-order valence-electron chi connectivity index (χ1n) is 49.4. The summed E-state index contributed by atoms with van der Waals surface area (Å²) in [6.45, 7) is 26.3. The third kappa shape index (κ3) is 25.0. The fourth-order valence-corrected chi connectivity index (χ4v) is 19.6. The normalized spacial score (nSPS) is 17.3. The Morgan fingerprint density at radius 2 is 0.705 bits per heavy atom. The van der Waals surface area contributed by atoms with Crippen LogP contribution in [0.25, 0.3) is 65.4 Å². The van der Waals surface area contributed by atoms with Gasteiger partial charge in [0.05, 0.1) is 98.8 Å². The summed E-state index contributed by atoms with van der Waals surface area (Å²) in [4.78, 5) is 112. The minimum absolute atomic E-state index is 0.0713. The quantitative estimate of drug-likeness (QED) is 0.0318. The van der Waals surface area contributed by atoms with Gasteiger partial charge < -0.3 is 70.6 Å². The number of amides is 6. The molecule has 18 heterocycles. The Bertz CT molecular complexity index is 6270. The lowest BCUT2D eigenvalue weighted by molar-refractivity contribution is -0.139. The zero-order valence-corrected chi connectivity index (χ0v) is 81.5. The molecule has 12 aromatic heterocycles. The summed E-state index contributed by atoms with van der Waals surface area (Å²) >= 11 is 0. The maximum absolute atomic E-state index is 12.7. The van der Waals surface area contributed by atoms with Crippen LogP contribution in [0.5, 0.6) is 5.75 Å². The third-order valence-corrected chi connectivity index (χ3v) is 28.0. The molecule has 0 atom stereocenters. The average Bonchev–Trinajstić information content (AvgIpc) is 1.75. The molecule has 8 fully saturated rings. The highest BCUT2D eigenvalue weighted by Crippen LogP contribution is 2.35. The molecule has 6 saturated heterocycles. The van der Waals surface area contributed by atoms with Crippen LogP contribution in [-0.2, 0) is 28.7 Å². The summed E-state index contributed by atoms with van der Waals surface area (Å²) in [6, 6.07) is 20.6. The molecule has 21 rings (SSSR count). The van der Waals surface area contributed by atoms with Gasteiger partial charge >= 0.3 is 0 Å². The van der Waals surface area contributed by atoms with Crippen molar-refractivity contribution in [2.24, 2.45) is 5.92 Å². The number of aryl methyl sites for hydroxylation is 6. The standard InChI is InChI=1S/C20H23N5O2.C19H28N6O2.C17H23N5O.C16H23N5O2.C14H19N5O.C14H18N4O/c1-13-18-17(24-23-13)7-10-21-19(18)22-15-8-11-25(12-9-15)20(26)14-3-5-16(27-2)6-4-14;1-14-18-16(23-22-14)2-6-20-19(18)21-15-3-8-25(9-4-15)17(26)5-7-24-10-12-27-13-11-24;1-11-15-14(21-20-11)5-8-18-16(15)19-13-6-9-22(10-7-13)17(23)12-3-2-4-12;1-11-15-13(20-19-11)3-7-17-16(15)18-12-4-8-21(9-5-12)14(22)6-10-23-2;1-9-13-12(18-17-9)3-6-15-14(13)16-11-4-7-19(8-5-11)10(2)20;1-9-12-11(18-17-9)7-8-15-13(12)14(19)16-10-5-3-2-4-6-10/h3-7,10,15H,8-9,11-12H2,1-2H3,(H,21,22)(H,23,24);2,6,15H,3-5,7-13H2,1H3,(H,20,21)(H,22,23);5,8,12-13H,2-4,6-7,9-10H2,1H3,(H,18,19)(H,20,21);3,7,12H,4-6,8-10H2,1-2H3,(H,17,18)(H,19,20);3,6,11H,4-5,7-8H2,1-2H3,(H,15,16)(H,17,18);7-8,10H,2-6H2,1H3,(H,16,19)(H,17,18). The van der Waals surface area contributed by atoms with Crippen LogP contribution in [0.1, 0.15) is 190 Å². The maximum Gasteiger partial charge on any atom is 0.270 e. The zero-order valence-electron chi connectivity index (χ0n) is 81.5. The van der Waals surface area contributed by atoms with Gasteiger partial charge in [0.1, 0.15) is 40.5 Å². The van der Waals surface area contributed by atoms with Crippen LogP contribution in [0.15, 0.2) is 97.8 Å². The predicted molar refractivity (Wildman–Crippen MR) is 536 cm³/mol. The number of carbonyl (C=O) groups excluding carboxylic acids is 6. The van der Waals surface area contributed by atoms with Gasteiger partial charge in [-0.05, 0) is 192 Å². The van der Waals surface area contributed by atoms with Gasteiger partial charge in [0.2, 0.25) is 23.6 Å². The second-order valence-corrected chi connectivity index (χ2v) is 37.5. The van der Waals surface area contributed by atoms with Crippen molar-refractivity contribution in [2.45, 2.75) is 213 Å². The van der Waals surface area contributed by atoms with Gasteiger partial charge in [-0.15, -0.1) is 0 Å². The molecule has 738 valence electrons. The number of methoxy groups -OCH3 is 2. The van der Waals surface area contributed by atoms with E-state index < -0.39 is 0 Å². The lowest BCUT2D eigenvalue weighted by Crippen LogP contribution is -2.46. The van der Waals surface area contributed by atoms with E-state index in [1.54, 1.807) is 58.3 Å². The Hall–Kier alpha value is -13.6. The first kappa shape index (κ1) is 98.5. The number of pyridine rings is 6. The largest absolute Gasteiger partial charge is 0.497 e. The number of likely N-dealkylation sites (tertiary alicyclic amines) is 5. The monoisotopic (exact) mass is 1900 g/mol. The molecule has 0 unspecified atom stereocenters. The molecular weight excluding hydrogens is 1770 g/mol. The van der Waals surface area contributed by atoms with Crippen molar-refractivity contribution in [3.8, 4) is 5.75 Å². The van der Waals surface area contributed by atoms with E-state index in [0.717, 1.165) is 323 Å². The van der Waals surface area contributed by atoms with Crippen LogP contribution in [0.3, 0.4) is 0 Å². The second kappa shape index (κ2) is 47.2. The van der Waals surface area contributed by atoms with E-state index in [4.69, 9.17) is 14.2 Å². The van der Waals surface area contributed by atoms with Crippen LogP contribution >= 0.6 is 0 Å². The van der Waals surface area contributed by atoms with Crippen molar-refractivity contribution in [1.82, 2.24) is 126 Å². The smallest absolute Gasteiger partial charge is 0.270 e. The number of hydrogen-bond donors (Lipinski definition) is 12. The minimum atomic E-state index is -0.0815. The molecule has 6 aliphatic heterocycles. The summed E-state index contributed by atoms with van der Waals surface area (Å²) in [7, 11) is 3.24. The number of aromatic amines is 6. The molecule has 39 nitrogen and oxygen atoms in total. The summed E-state index contributed by atoms with van der Waals surface area (Å²) < 4.78 is 15.5. The van der Waals surface area contributed by atoms with Gasteiger partial charge in [-0.2, -0.15) is 30.6 Å². The predicted octanol–water partition coefficient (Wildman–Crippen LogP) is 12.6. The van der Waals surface area contributed by atoms with Gasteiger partial charge in [0, 0.05) is 225 Å². The molecule has 0 radical (unpaired) electrons. The molecule has 139 heavy (non-hydrogen) atoms. The molecule has 6 amide bonds. The Kier molecular flexibility index (Phi) is 33.4. The average molecular weight is 1900 g/mol. The van der Waals surface area contributed by atoms with Gasteiger partial charge in [-0.25, -0.2) is 24.9 Å². The first-order chi connectivity index (χ1) is 67.7. The van der Waals surface area contributed by atoms with Crippen molar-refractivity contribution in [1.29, 1.82) is 0 Å². The number of fused-ring (bicyclic) bond motifs is 6. The lowest BCUT2D eigenvalue weighted by atomic mass is 9.84. The molecule has 2 saturated carbocycles. The van der Waals surface area contributed by atoms with Crippen LogP contribution in [-0.4, -0.2) is 311 Å². The van der Waals surface area contributed by atoms with E-state index in [1.807, 2.05) is 122 Å². The minimum Gasteiger partial charge on any atom is -0.497 e. The van der Waals surface area contributed by atoms with Crippen LogP contribution in [0, 0.1) is 47.5 Å². The number of piperidine rings is 5.